The van der Waals surface area contributed by atoms with Gasteiger partial charge in [-0.15, -0.1) is 0 Å². The topological polar surface area (TPSA) is 67.8 Å². The van der Waals surface area contributed by atoms with E-state index in [1.165, 1.54) is 0 Å². The van der Waals surface area contributed by atoms with Crippen LogP contribution in [-0.4, -0.2) is 11.2 Å². The Morgan fingerprint density at radius 2 is 1.85 bits per heavy atom. The highest BCUT2D eigenvalue weighted by atomic mass is 16.3. The zero-order valence-electron chi connectivity index (χ0n) is 6.88. The molecule has 3 nitrogen and oxygen atoms in total. The van der Waals surface area contributed by atoms with Gasteiger partial charge in [0.25, 0.3) is 0 Å². The molecule has 0 aromatic rings. The molecule has 0 spiro atoms. The van der Waals surface area contributed by atoms with Crippen LogP contribution < -0.4 is 0 Å². The zero-order chi connectivity index (χ0) is 8.96. The molecule has 0 aromatic carbocycles. The number of nitrogens with zero attached hydrogens (tertiary/aromatic N) is 2. The summed E-state index contributed by atoms with van der Waals surface area (Å²) in [5, 5.41) is 27.6. The SMILES string of the molecule is N#C[C@@H]1[C@H]2[C@H](O)[C@@H]3[C@H]4[C@@H]([C@@H]12)[C@@]43C#N. The lowest BCUT2D eigenvalue weighted by Crippen LogP contribution is -2.31. The molecule has 2 bridgehead atoms. The van der Waals surface area contributed by atoms with E-state index < -0.39 is 0 Å². The van der Waals surface area contributed by atoms with Crippen molar-refractivity contribution in [1.82, 2.24) is 0 Å². The van der Waals surface area contributed by atoms with Crippen molar-refractivity contribution in [3.05, 3.63) is 0 Å². The van der Waals surface area contributed by atoms with E-state index in [0.717, 1.165) is 0 Å². The van der Waals surface area contributed by atoms with Gasteiger partial charge < -0.3 is 5.11 Å². The normalized spacial score (nSPS) is 73.9. The van der Waals surface area contributed by atoms with E-state index in [2.05, 4.69) is 12.1 Å². The van der Waals surface area contributed by atoms with Crippen LogP contribution in [0.1, 0.15) is 0 Å². The Kier molecular flexibility index (Phi) is 0.682. The predicted octanol–water partition coefficient (Wildman–Crippen LogP) is 0.132. The molecule has 0 aliphatic heterocycles. The second-order valence-corrected chi connectivity index (χ2v) is 4.92. The first kappa shape index (κ1) is 6.40. The molecule has 0 aromatic heterocycles. The molecule has 5 aliphatic carbocycles. The van der Waals surface area contributed by atoms with Crippen molar-refractivity contribution in [2.45, 2.75) is 6.10 Å². The molecule has 1 N–H and O–H groups in total. The van der Waals surface area contributed by atoms with Crippen molar-refractivity contribution in [3.8, 4) is 12.1 Å². The molecule has 5 rings (SSSR count). The third-order valence-electron chi connectivity index (χ3n) is 4.86. The highest BCUT2D eigenvalue weighted by Gasteiger charge is 2.97. The standard InChI is InChI=1S/C10H8N2O/c11-1-3-4-5(3)9(13)8-7-6(4)10(7,8)2-12/h3-9,13H/t3-,4-,5+,6+,7+,8-,9-,10-/m0/s1. The fourth-order valence-corrected chi connectivity index (χ4v) is 4.20. The van der Waals surface area contributed by atoms with Gasteiger partial charge in [-0.05, 0) is 17.8 Å². The Balaban J connectivity index is 1.76. The Hall–Kier alpha value is -1.06. The van der Waals surface area contributed by atoms with Crippen LogP contribution >= 0.6 is 0 Å². The Morgan fingerprint density at radius 1 is 1.08 bits per heavy atom. The van der Waals surface area contributed by atoms with E-state index in [-0.39, 0.29) is 29.3 Å². The summed E-state index contributed by atoms with van der Waals surface area (Å²) in [6, 6.07) is 4.61. The van der Waals surface area contributed by atoms with E-state index in [1.54, 1.807) is 0 Å². The maximum Gasteiger partial charge on any atom is 0.0700 e. The molecule has 5 aliphatic rings. The molecule has 5 fully saturated rings. The number of hydrogen-bond acceptors (Lipinski definition) is 3. The minimum Gasteiger partial charge on any atom is -0.392 e. The van der Waals surface area contributed by atoms with Crippen molar-refractivity contribution in [3.63, 3.8) is 0 Å². The lowest BCUT2D eigenvalue weighted by atomic mass is 9.81. The van der Waals surface area contributed by atoms with Crippen molar-refractivity contribution in [2.75, 3.05) is 0 Å². The summed E-state index contributed by atoms with van der Waals surface area (Å²) in [6.45, 7) is 0. The molecular weight excluding hydrogens is 164 g/mol. The molecule has 13 heavy (non-hydrogen) atoms. The van der Waals surface area contributed by atoms with Crippen LogP contribution in [0.3, 0.4) is 0 Å². The average Bonchev–Trinajstić information content (AvgIpc) is 3.01. The summed E-state index contributed by atoms with van der Waals surface area (Å²) >= 11 is 0. The molecule has 5 saturated carbocycles. The van der Waals surface area contributed by atoms with E-state index >= 15 is 0 Å². The van der Waals surface area contributed by atoms with Gasteiger partial charge in [-0.2, -0.15) is 10.5 Å². The summed E-state index contributed by atoms with van der Waals surface area (Å²) in [5.74, 6) is 1.84. The second-order valence-electron chi connectivity index (χ2n) is 4.92. The van der Waals surface area contributed by atoms with Crippen LogP contribution in [0.15, 0.2) is 0 Å². The monoisotopic (exact) mass is 172 g/mol. The highest BCUT2D eigenvalue weighted by molar-refractivity contribution is 5.49. The molecule has 0 saturated heterocycles. The van der Waals surface area contributed by atoms with Crippen molar-refractivity contribution in [2.24, 2.45) is 40.9 Å². The van der Waals surface area contributed by atoms with Crippen LogP contribution in [0.25, 0.3) is 0 Å². The maximum absolute atomic E-state index is 9.84. The smallest absolute Gasteiger partial charge is 0.0700 e. The highest BCUT2D eigenvalue weighted by Crippen LogP contribution is 2.94. The van der Waals surface area contributed by atoms with E-state index in [0.29, 0.717) is 17.8 Å². The molecule has 0 unspecified atom stereocenters. The third kappa shape index (κ3) is 0.380. The van der Waals surface area contributed by atoms with Gasteiger partial charge in [0.1, 0.15) is 0 Å². The lowest BCUT2D eigenvalue weighted by Gasteiger charge is -2.25. The first-order valence-electron chi connectivity index (χ1n) is 4.78. The molecule has 0 amide bonds. The maximum atomic E-state index is 9.84. The van der Waals surface area contributed by atoms with Crippen molar-refractivity contribution < 1.29 is 5.11 Å². The quantitative estimate of drug-likeness (QED) is 0.564. The van der Waals surface area contributed by atoms with Gasteiger partial charge in [0.05, 0.1) is 29.6 Å². The van der Waals surface area contributed by atoms with Gasteiger partial charge >= 0.3 is 0 Å². The zero-order valence-corrected chi connectivity index (χ0v) is 6.88. The first-order valence-corrected chi connectivity index (χ1v) is 4.78. The third-order valence-corrected chi connectivity index (χ3v) is 4.86. The Labute approximate surface area is 75.6 Å². The van der Waals surface area contributed by atoms with Crippen LogP contribution in [0.4, 0.5) is 0 Å². The predicted molar refractivity (Wildman–Crippen MR) is 40.6 cm³/mol. The van der Waals surface area contributed by atoms with Gasteiger partial charge in [0, 0.05) is 11.8 Å². The van der Waals surface area contributed by atoms with Gasteiger partial charge in [-0.3, -0.25) is 0 Å². The molecule has 0 heterocycles. The molecule has 8 atom stereocenters. The largest absolute Gasteiger partial charge is 0.392 e. The minimum absolute atomic E-state index is 0.0604. The van der Waals surface area contributed by atoms with Gasteiger partial charge in [0.2, 0.25) is 0 Å². The van der Waals surface area contributed by atoms with Gasteiger partial charge in [-0.1, -0.05) is 0 Å². The van der Waals surface area contributed by atoms with Crippen LogP contribution in [-0.2, 0) is 0 Å². The average molecular weight is 172 g/mol. The van der Waals surface area contributed by atoms with Crippen LogP contribution in [0.5, 0.6) is 0 Å². The van der Waals surface area contributed by atoms with Crippen molar-refractivity contribution >= 4 is 0 Å². The lowest BCUT2D eigenvalue weighted by molar-refractivity contribution is 0.0493. The van der Waals surface area contributed by atoms with E-state index in [4.69, 9.17) is 10.5 Å². The number of nitriles is 2. The fourth-order valence-electron chi connectivity index (χ4n) is 4.20. The number of aliphatic hydroxyl groups is 1. The minimum atomic E-state index is -0.343. The Bertz CT molecular complexity index is 404. The molecule has 64 valence electrons. The first-order chi connectivity index (χ1) is 6.29. The van der Waals surface area contributed by atoms with Crippen LogP contribution in [0, 0.1) is 63.6 Å². The van der Waals surface area contributed by atoms with Crippen LogP contribution in [0.2, 0.25) is 0 Å². The number of hydrogen-bond donors (Lipinski definition) is 1. The molecule has 3 heteroatoms. The summed E-state index contributed by atoms with van der Waals surface area (Å²) in [6.07, 6.45) is -0.343. The second kappa shape index (κ2) is 1.38. The number of aliphatic hydroxyl groups excluding tert-OH is 1. The van der Waals surface area contributed by atoms with E-state index in [9.17, 15) is 5.11 Å². The van der Waals surface area contributed by atoms with E-state index in [1.807, 2.05) is 0 Å². The van der Waals surface area contributed by atoms with Gasteiger partial charge in [-0.25, -0.2) is 0 Å². The molecular formula is C10H8N2O. The number of rotatable bonds is 0. The van der Waals surface area contributed by atoms with Crippen molar-refractivity contribution in [1.29, 1.82) is 10.5 Å². The molecule has 0 radical (unpaired) electrons. The summed E-state index contributed by atoms with van der Waals surface area (Å²) in [5.41, 5.74) is -0.161. The summed E-state index contributed by atoms with van der Waals surface area (Å²) in [7, 11) is 0. The summed E-state index contributed by atoms with van der Waals surface area (Å²) < 4.78 is 0. The van der Waals surface area contributed by atoms with Gasteiger partial charge in [0.15, 0.2) is 0 Å². The fraction of sp³-hybridized carbons (Fsp3) is 0.800. The summed E-state index contributed by atoms with van der Waals surface area (Å²) in [4.78, 5) is 0. The Morgan fingerprint density at radius 3 is 2.38 bits per heavy atom.